The zero-order chi connectivity index (χ0) is 12.7. The second-order valence-corrected chi connectivity index (χ2v) is 6.22. The number of rotatable bonds is 1. The molecule has 1 aliphatic rings. The van der Waals surface area contributed by atoms with Gasteiger partial charge < -0.3 is 5.32 Å². The van der Waals surface area contributed by atoms with Gasteiger partial charge in [-0.25, -0.2) is 0 Å². The van der Waals surface area contributed by atoms with E-state index in [1.165, 1.54) is 32.3 Å². The molecule has 3 rings (SSSR count). The molecular weight excluding hydrogens is 238 g/mol. The summed E-state index contributed by atoms with van der Waals surface area (Å²) in [5, 5.41) is 3.53. The molecule has 92 valence electrons. The van der Waals surface area contributed by atoms with Crippen LogP contribution in [-0.2, 0) is 0 Å². The van der Waals surface area contributed by atoms with E-state index in [-0.39, 0.29) is 0 Å². The molecule has 18 heavy (non-hydrogen) atoms. The summed E-state index contributed by atoms with van der Waals surface area (Å²) in [6, 6.07) is 13.3. The molecule has 0 aliphatic carbocycles. The first-order valence-electron chi connectivity index (χ1n) is 6.33. The Kier molecular flexibility index (Phi) is 2.83. The molecule has 0 spiro atoms. The van der Waals surface area contributed by atoms with Gasteiger partial charge in [0.1, 0.15) is 0 Å². The van der Waals surface area contributed by atoms with Crippen LogP contribution in [0.3, 0.4) is 0 Å². The van der Waals surface area contributed by atoms with Gasteiger partial charge in [-0.2, -0.15) is 0 Å². The second kappa shape index (κ2) is 4.36. The molecule has 0 saturated heterocycles. The van der Waals surface area contributed by atoms with Crippen molar-refractivity contribution in [3.05, 3.63) is 47.5 Å². The first kappa shape index (κ1) is 11.7. The van der Waals surface area contributed by atoms with Crippen LogP contribution >= 0.6 is 11.8 Å². The standard InChI is InChI=1S/C16H17NS/c1-10(2)12-5-6-13-16(9-12)18-15-7-4-11(3)8-14(15)17-13/h4-10,17H,1-3H3. The molecular formula is C16H17NS. The van der Waals surface area contributed by atoms with Crippen molar-refractivity contribution in [2.45, 2.75) is 36.5 Å². The van der Waals surface area contributed by atoms with E-state index in [9.17, 15) is 0 Å². The molecule has 0 aromatic heterocycles. The quantitative estimate of drug-likeness (QED) is 0.631. The highest BCUT2D eigenvalue weighted by molar-refractivity contribution is 7.99. The summed E-state index contributed by atoms with van der Waals surface area (Å²) in [6.45, 7) is 6.60. The van der Waals surface area contributed by atoms with Crippen molar-refractivity contribution in [3.63, 3.8) is 0 Å². The Balaban J connectivity index is 2.02. The molecule has 1 nitrogen and oxygen atoms in total. The van der Waals surface area contributed by atoms with Crippen molar-refractivity contribution in [2.75, 3.05) is 5.32 Å². The SMILES string of the molecule is Cc1ccc2c(c1)Nc1ccc(C(C)C)cc1S2. The van der Waals surface area contributed by atoms with Gasteiger partial charge in [0, 0.05) is 9.79 Å². The third-order valence-electron chi connectivity index (χ3n) is 3.30. The molecule has 0 saturated carbocycles. The monoisotopic (exact) mass is 255 g/mol. The van der Waals surface area contributed by atoms with E-state index in [4.69, 9.17) is 0 Å². The van der Waals surface area contributed by atoms with Crippen molar-refractivity contribution in [1.29, 1.82) is 0 Å². The van der Waals surface area contributed by atoms with Crippen LogP contribution in [-0.4, -0.2) is 0 Å². The van der Waals surface area contributed by atoms with Crippen molar-refractivity contribution >= 4 is 23.1 Å². The summed E-state index contributed by atoms with van der Waals surface area (Å²) in [6.07, 6.45) is 0. The predicted molar refractivity (Wildman–Crippen MR) is 79.1 cm³/mol. The van der Waals surface area contributed by atoms with Crippen LogP contribution < -0.4 is 5.32 Å². The molecule has 2 aromatic carbocycles. The molecule has 0 atom stereocenters. The van der Waals surface area contributed by atoms with Gasteiger partial charge >= 0.3 is 0 Å². The van der Waals surface area contributed by atoms with Crippen LogP contribution in [0, 0.1) is 6.92 Å². The Hall–Kier alpha value is -1.41. The fraction of sp³-hybridized carbons (Fsp3) is 0.250. The maximum Gasteiger partial charge on any atom is 0.0529 e. The Morgan fingerprint density at radius 1 is 0.944 bits per heavy atom. The van der Waals surface area contributed by atoms with Crippen LogP contribution in [0.4, 0.5) is 11.4 Å². The van der Waals surface area contributed by atoms with Crippen LogP contribution in [0.15, 0.2) is 46.2 Å². The van der Waals surface area contributed by atoms with Crippen molar-refractivity contribution < 1.29 is 0 Å². The lowest BCUT2D eigenvalue weighted by molar-refractivity contribution is 0.862. The number of anilines is 2. The topological polar surface area (TPSA) is 12.0 Å². The third kappa shape index (κ3) is 2.01. The Morgan fingerprint density at radius 2 is 1.78 bits per heavy atom. The van der Waals surface area contributed by atoms with Crippen molar-refractivity contribution in [2.24, 2.45) is 0 Å². The maximum absolute atomic E-state index is 3.53. The average molecular weight is 255 g/mol. The lowest BCUT2D eigenvalue weighted by Crippen LogP contribution is -2.01. The summed E-state index contributed by atoms with van der Waals surface area (Å²) in [5.41, 5.74) is 5.15. The van der Waals surface area contributed by atoms with Gasteiger partial charge in [-0.1, -0.05) is 37.7 Å². The largest absolute Gasteiger partial charge is 0.354 e. The van der Waals surface area contributed by atoms with E-state index in [0.717, 1.165) is 0 Å². The third-order valence-corrected chi connectivity index (χ3v) is 4.43. The van der Waals surface area contributed by atoms with Crippen molar-refractivity contribution in [1.82, 2.24) is 0 Å². The predicted octanol–water partition coefficient (Wildman–Crippen LogP) is 5.33. The average Bonchev–Trinajstić information content (AvgIpc) is 2.35. The van der Waals surface area contributed by atoms with E-state index >= 15 is 0 Å². The highest BCUT2D eigenvalue weighted by Gasteiger charge is 2.16. The number of aryl methyl sites for hydroxylation is 1. The minimum absolute atomic E-state index is 0.579. The van der Waals surface area contributed by atoms with E-state index in [0.29, 0.717) is 5.92 Å². The Labute approximate surface area is 113 Å². The van der Waals surface area contributed by atoms with Gasteiger partial charge in [0.05, 0.1) is 11.4 Å². The summed E-state index contributed by atoms with van der Waals surface area (Å²) in [4.78, 5) is 2.64. The summed E-state index contributed by atoms with van der Waals surface area (Å²) >= 11 is 1.86. The molecule has 2 heteroatoms. The first-order valence-corrected chi connectivity index (χ1v) is 7.14. The number of benzene rings is 2. The van der Waals surface area contributed by atoms with Crippen LogP contribution in [0.5, 0.6) is 0 Å². The Bertz CT molecular complexity index is 602. The lowest BCUT2D eigenvalue weighted by atomic mass is 10.0. The molecule has 0 fully saturated rings. The van der Waals surface area contributed by atoms with Gasteiger partial charge in [0.15, 0.2) is 0 Å². The van der Waals surface area contributed by atoms with Gasteiger partial charge in [-0.15, -0.1) is 0 Å². The number of nitrogens with one attached hydrogen (secondary N) is 1. The number of fused-ring (bicyclic) bond motifs is 2. The zero-order valence-electron chi connectivity index (χ0n) is 10.9. The molecule has 1 heterocycles. The van der Waals surface area contributed by atoms with Gasteiger partial charge in [0.25, 0.3) is 0 Å². The number of hydrogen-bond donors (Lipinski definition) is 1. The first-order chi connectivity index (χ1) is 8.63. The normalized spacial score (nSPS) is 12.9. The fourth-order valence-corrected chi connectivity index (χ4v) is 3.20. The molecule has 0 unspecified atom stereocenters. The van der Waals surface area contributed by atoms with Crippen LogP contribution in [0.2, 0.25) is 0 Å². The van der Waals surface area contributed by atoms with Gasteiger partial charge in [-0.05, 0) is 48.2 Å². The lowest BCUT2D eigenvalue weighted by Gasteiger charge is -2.22. The molecule has 0 radical (unpaired) electrons. The van der Waals surface area contributed by atoms with Crippen LogP contribution in [0.25, 0.3) is 0 Å². The van der Waals surface area contributed by atoms with Gasteiger partial charge in [-0.3, -0.25) is 0 Å². The highest BCUT2D eigenvalue weighted by atomic mass is 32.2. The molecule has 1 N–H and O–H groups in total. The smallest absolute Gasteiger partial charge is 0.0529 e. The van der Waals surface area contributed by atoms with E-state index in [2.05, 4.69) is 62.5 Å². The van der Waals surface area contributed by atoms with Crippen LogP contribution in [0.1, 0.15) is 30.9 Å². The van der Waals surface area contributed by atoms with E-state index in [1.807, 2.05) is 11.8 Å². The van der Waals surface area contributed by atoms with Gasteiger partial charge in [0.2, 0.25) is 0 Å². The van der Waals surface area contributed by atoms with E-state index in [1.54, 1.807) is 0 Å². The molecule has 0 bridgehead atoms. The fourth-order valence-electron chi connectivity index (χ4n) is 2.18. The summed E-state index contributed by atoms with van der Waals surface area (Å²) in [7, 11) is 0. The molecule has 0 amide bonds. The minimum Gasteiger partial charge on any atom is -0.354 e. The van der Waals surface area contributed by atoms with E-state index < -0.39 is 0 Å². The summed E-state index contributed by atoms with van der Waals surface area (Å²) < 4.78 is 0. The molecule has 2 aromatic rings. The maximum atomic E-state index is 3.53. The molecule has 1 aliphatic heterocycles. The summed E-state index contributed by atoms with van der Waals surface area (Å²) in [5.74, 6) is 0.579. The minimum atomic E-state index is 0.579. The Morgan fingerprint density at radius 3 is 2.56 bits per heavy atom. The number of hydrogen-bond acceptors (Lipinski definition) is 2. The highest BCUT2D eigenvalue weighted by Crippen LogP contribution is 2.45. The second-order valence-electron chi connectivity index (χ2n) is 5.14. The van der Waals surface area contributed by atoms with Crippen molar-refractivity contribution in [3.8, 4) is 0 Å². The zero-order valence-corrected chi connectivity index (χ0v) is 11.8.